The number of aliphatic hydroxyl groups is 1. The van der Waals surface area contributed by atoms with Crippen molar-refractivity contribution in [2.45, 2.75) is 6.18 Å². The van der Waals surface area contributed by atoms with E-state index in [9.17, 15) is 18.0 Å². The van der Waals surface area contributed by atoms with Gasteiger partial charge in [0.05, 0.1) is 24.3 Å². The fourth-order valence-corrected chi connectivity index (χ4v) is 1.59. The van der Waals surface area contributed by atoms with Crippen LogP contribution in [0.5, 0.6) is 0 Å². The third-order valence-electron chi connectivity index (χ3n) is 2.40. The molecule has 1 aromatic rings. The lowest BCUT2D eigenvalue weighted by Gasteiger charge is -2.23. The highest BCUT2D eigenvalue weighted by atomic mass is 19.4. The van der Waals surface area contributed by atoms with Gasteiger partial charge in [0.1, 0.15) is 6.54 Å². The summed E-state index contributed by atoms with van der Waals surface area (Å²) >= 11 is 0. The molecule has 3 N–H and O–H groups in total. The van der Waals surface area contributed by atoms with Crippen molar-refractivity contribution in [3.63, 3.8) is 0 Å². The van der Waals surface area contributed by atoms with Gasteiger partial charge in [0.25, 0.3) is 5.91 Å². The summed E-state index contributed by atoms with van der Waals surface area (Å²) in [6.07, 6.45) is -1.99. The van der Waals surface area contributed by atoms with Gasteiger partial charge in [-0.1, -0.05) is 11.8 Å². The van der Waals surface area contributed by atoms with Gasteiger partial charge in [-0.05, 0) is 6.07 Å². The van der Waals surface area contributed by atoms with Crippen LogP contribution >= 0.6 is 0 Å². The zero-order valence-corrected chi connectivity index (χ0v) is 11.0. The van der Waals surface area contributed by atoms with Gasteiger partial charge >= 0.3 is 6.18 Å². The maximum Gasteiger partial charge on any atom is 0.406 e. The lowest BCUT2D eigenvalue weighted by atomic mass is 10.1. The summed E-state index contributed by atoms with van der Waals surface area (Å²) in [5, 5.41) is 8.82. The Balaban J connectivity index is 3.09. The number of nitrogens with zero attached hydrogens (tertiary/aromatic N) is 2. The van der Waals surface area contributed by atoms with E-state index in [4.69, 9.17) is 10.8 Å². The molecule has 1 rings (SSSR count). The van der Waals surface area contributed by atoms with Gasteiger partial charge in [0, 0.05) is 18.9 Å². The van der Waals surface area contributed by atoms with Crippen LogP contribution in [0.4, 0.5) is 13.2 Å². The predicted octanol–water partition coefficient (Wildman–Crippen LogP) is 0.389. The maximum atomic E-state index is 12.5. The van der Waals surface area contributed by atoms with Crippen LogP contribution in [-0.4, -0.2) is 53.3 Å². The van der Waals surface area contributed by atoms with Gasteiger partial charge in [-0.15, -0.1) is 0 Å². The van der Waals surface area contributed by atoms with Crippen LogP contribution in [0.25, 0.3) is 0 Å². The molecule has 0 aliphatic carbocycles. The number of aromatic nitrogens is 1. The van der Waals surface area contributed by atoms with Crippen LogP contribution in [0, 0.1) is 11.8 Å². The Hall–Kier alpha value is -2.11. The van der Waals surface area contributed by atoms with Crippen LogP contribution in [0.3, 0.4) is 0 Å². The smallest absolute Gasteiger partial charge is 0.395 e. The lowest BCUT2D eigenvalue weighted by molar-refractivity contribution is -0.141. The topological polar surface area (TPSA) is 79.5 Å². The highest BCUT2D eigenvalue weighted by Gasteiger charge is 2.33. The fraction of sp³-hybridized carbons (Fsp3) is 0.385. The molecule has 0 radical (unpaired) electrons. The molecule has 0 aliphatic rings. The normalized spacial score (nSPS) is 10.7. The third kappa shape index (κ3) is 5.41. The second-order valence-electron chi connectivity index (χ2n) is 3.99. The first-order chi connectivity index (χ1) is 9.89. The van der Waals surface area contributed by atoms with Crippen molar-refractivity contribution < 1.29 is 23.1 Å². The minimum atomic E-state index is -4.55. The number of pyridine rings is 1. The SMILES string of the molecule is NCC#Cc1cnccc1C(=O)N(CCO)CC(F)(F)F. The van der Waals surface area contributed by atoms with Gasteiger partial charge in [-0.3, -0.25) is 9.78 Å². The zero-order chi connectivity index (χ0) is 15.9. The molecule has 114 valence electrons. The molecular weight excluding hydrogens is 287 g/mol. The Morgan fingerprint density at radius 1 is 1.48 bits per heavy atom. The van der Waals surface area contributed by atoms with E-state index in [2.05, 4.69) is 16.8 Å². The Labute approximate surface area is 119 Å². The summed E-state index contributed by atoms with van der Waals surface area (Å²) in [7, 11) is 0. The molecule has 0 aliphatic heterocycles. The van der Waals surface area contributed by atoms with Crippen LogP contribution in [0.2, 0.25) is 0 Å². The van der Waals surface area contributed by atoms with Crippen molar-refractivity contribution in [3.8, 4) is 11.8 Å². The standard InChI is InChI=1S/C13H14F3N3O2/c14-13(15,16)9-19(6-7-20)12(21)11-3-5-18-8-10(11)2-1-4-17/h3,5,8,20H,4,6-7,9,17H2. The van der Waals surface area contributed by atoms with E-state index in [1.807, 2.05) is 0 Å². The van der Waals surface area contributed by atoms with E-state index in [1.54, 1.807) is 0 Å². The van der Waals surface area contributed by atoms with Crippen molar-refractivity contribution in [2.24, 2.45) is 5.73 Å². The maximum absolute atomic E-state index is 12.5. The van der Waals surface area contributed by atoms with E-state index in [1.165, 1.54) is 18.5 Å². The van der Waals surface area contributed by atoms with Gasteiger partial charge in [0.15, 0.2) is 0 Å². The average Bonchev–Trinajstić information content (AvgIpc) is 2.43. The first-order valence-corrected chi connectivity index (χ1v) is 5.99. The lowest BCUT2D eigenvalue weighted by Crippen LogP contribution is -2.41. The van der Waals surface area contributed by atoms with Crippen molar-refractivity contribution in [1.29, 1.82) is 0 Å². The number of alkyl halides is 3. The van der Waals surface area contributed by atoms with Crippen LogP contribution in [0.1, 0.15) is 15.9 Å². The summed E-state index contributed by atoms with van der Waals surface area (Å²) in [6, 6.07) is 1.28. The number of rotatable bonds is 4. The largest absolute Gasteiger partial charge is 0.406 e. The Morgan fingerprint density at radius 3 is 2.76 bits per heavy atom. The molecule has 8 heteroatoms. The van der Waals surface area contributed by atoms with Gasteiger partial charge in [0.2, 0.25) is 0 Å². The van der Waals surface area contributed by atoms with Crippen LogP contribution in [0.15, 0.2) is 18.5 Å². The first-order valence-electron chi connectivity index (χ1n) is 5.99. The van der Waals surface area contributed by atoms with Crippen LogP contribution < -0.4 is 5.73 Å². The molecular formula is C13H14F3N3O2. The van der Waals surface area contributed by atoms with Crippen LogP contribution in [-0.2, 0) is 0 Å². The monoisotopic (exact) mass is 301 g/mol. The summed E-state index contributed by atoms with van der Waals surface area (Å²) in [6.45, 7) is -2.40. The van der Waals surface area contributed by atoms with Gasteiger partial charge in [-0.2, -0.15) is 13.2 Å². The van der Waals surface area contributed by atoms with Gasteiger partial charge < -0.3 is 15.7 Å². The van der Waals surface area contributed by atoms with E-state index in [0.717, 1.165) is 0 Å². The predicted molar refractivity (Wildman–Crippen MR) is 69.2 cm³/mol. The number of hydrogen-bond donors (Lipinski definition) is 2. The fourth-order valence-electron chi connectivity index (χ4n) is 1.59. The summed E-state index contributed by atoms with van der Waals surface area (Å²) in [5.41, 5.74) is 5.40. The quantitative estimate of drug-likeness (QED) is 0.789. The molecule has 0 bridgehead atoms. The van der Waals surface area contributed by atoms with E-state index in [-0.39, 0.29) is 17.7 Å². The minimum absolute atomic E-state index is 0.0105. The number of halogens is 3. The van der Waals surface area contributed by atoms with Crippen molar-refractivity contribution >= 4 is 5.91 Å². The Morgan fingerprint density at radius 2 is 2.19 bits per heavy atom. The Kier molecular flexibility index (Phi) is 6.14. The number of hydrogen-bond acceptors (Lipinski definition) is 4. The Bertz CT molecular complexity index is 550. The first kappa shape index (κ1) is 16.9. The highest BCUT2D eigenvalue weighted by molar-refractivity contribution is 5.96. The molecule has 21 heavy (non-hydrogen) atoms. The van der Waals surface area contributed by atoms with Crippen molar-refractivity contribution in [2.75, 3.05) is 26.2 Å². The number of aliphatic hydroxyl groups excluding tert-OH is 1. The van der Waals surface area contributed by atoms with Gasteiger partial charge in [-0.25, -0.2) is 0 Å². The van der Waals surface area contributed by atoms with E-state index < -0.39 is 31.8 Å². The number of carbonyl (C=O) groups is 1. The second kappa shape index (κ2) is 7.61. The molecule has 0 aromatic carbocycles. The molecule has 0 spiro atoms. The molecule has 0 atom stereocenters. The molecule has 1 amide bonds. The number of carbonyl (C=O) groups excluding carboxylic acids is 1. The summed E-state index contributed by atoms with van der Waals surface area (Å²) < 4.78 is 37.4. The molecule has 1 heterocycles. The molecule has 5 nitrogen and oxygen atoms in total. The van der Waals surface area contributed by atoms with Crippen molar-refractivity contribution in [1.82, 2.24) is 9.88 Å². The number of amides is 1. The molecule has 0 saturated heterocycles. The average molecular weight is 301 g/mol. The number of nitrogens with two attached hydrogens (primary N) is 1. The minimum Gasteiger partial charge on any atom is -0.395 e. The molecule has 1 aromatic heterocycles. The zero-order valence-electron chi connectivity index (χ0n) is 11.0. The highest BCUT2D eigenvalue weighted by Crippen LogP contribution is 2.18. The van der Waals surface area contributed by atoms with E-state index >= 15 is 0 Å². The van der Waals surface area contributed by atoms with E-state index in [0.29, 0.717) is 4.90 Å². The summed E-state index contributed by atoms with van der Waals surface area (Å²) in [4.78, 5) is 16.5. The molecule has 0 unspecified atom stereocenters. The molecule has 0 saturated carbocycles. The third-order valence-corrected chi connectivity index (χ3v) is 2.40. The second-order valence-corrected chi connectivity index (χ2v) is 3.99. The molecule has 0 fully saturated rings. The summed E-state index contributed by atoms with van der Waals surface area (Å²) in [5.74, 6) is 4.23. The van der Waals surface area contributed by atoms with Crippen molar-refractivity contribution in [3.05, 3.63) is 29.6 Å².